The predicted octanol–water partition coefficient (Wildman–Crippen LogP) is 3.10. The van der Waals surface area contributed by atoms with Crippen LogP contribution >= 0.6 is 11.3 Å². The summed E-state index contributed by atoms with van der Waals surface area (Å²) in [6.07, 6.45) is 0. The number of rotatable bonds is 3. The van der Waals surface area contributed by atoms with Gasteiger partial charge in [0.1, 0.15) is 21.9 Å². The lowest BCUT2D eigenvalue weighted by Gasteiger charge is -2.32. The van der Waals surface area contributed by atoms with Gasteiger partial charge in [0.05, 0.1) is 21.2 Å². The molecule has 0 atom stereocenters. The topological polar surface area (TPSA) is 95.8 Å². The summed E-state index contributed by atoms with van der Waals surface area (Å²) in [4.78, 5) is 22.4. The first-order valence-electron chi connectivity index (χ1n) is 9.85. The number of phenolic OH excluding ortho intramolecular Hbond substituents is 1. The van der Waals surface area contributed by atoms with E-state index in [9.17, 15) is 9.90 Å². The van der Waals surface area contributed by atoms with Gasteiger partial charge in [-0.1, -0.05) is 12.1 Å². The van der Waals surface area contributed by atoms with E-state index in [-0.39, 0.29) is 22.6 Å². The van der Waals surface area contributed by atoms with Crippen molar-refractivity contribution in [1.82, 2.24) is 14.8 Å². The molecule has 5 rings (SSSR count). The Morgan fingerprint density at radius 1 is 1.17 bits per heavy atom. The van der Waals surface area contributed by atoms with Crippen molar-refractivity contribution in [2.75, 3.05) is 39.0 Å². The van der Waals surface area contributed by atoms with E-state index in [2.05, 4.69) is 21.8 Å². The minimum atomic E-state index is -0.229. The van der Waals surface area contributed by atoms with Crippen LogP contribution in [-0.2, 0) is 6.54 Å². The van der Waals surface area contributed by atoms with Crippen LogP contribution < -0.4 is 11.2 Å². The Morgan fingerprint density at radius 2 is 1.93 bits per heavy atom. The number of hydrogen-bond acceptors (Lipinski definition) is 8. The standard InChI is InChI=1S/C22H22N4O3S/c1-25-8-10-26(11-9-25)12-14-16(27)7-6-13-19(28)18(21(23)29-20(13)14)22-24-15-4-2-3-5-17(15)30-22/h2-7,27H,8-12,23H2,1H3. The van der Waals surface area contributed by atoms with E-state index in [1.54, 1.807) is 12.1 Å². The normalized spacial score (nSPS) is 15.9. The zero-order chi connectivity index (χ0) is 20.8. The van der Waals surface area contributed by atoms with Crippen LogP contribution in [0.5, 0.6) is 5.75 Å². The number of fused-ring (bicyclic) bond motifs is 2. The number of aromatic hydroxyl groups is 1. The summed E-state index contributed by atoms with van der Waals surface area (Å²) in [5.74, 6) is 0.133. The fraction of sp³-hybridized carbons (Fsp3) is 0.273. The van der Waals surface area contributed by atoms with Gasteiger partial charge < -0.3 is 20.2 Å². The quantitative estimate of drug-likeness (QED) is 0.524. The molecule has 3 heterocycles. The van der Waals surface area contributed by atoms with Crippen LogP contribution in [0.4, 0.5) is 5.88 Å². The van der Waals surface area contributed by atoms with Gasteiger partial charge in [0.25, 0.3) is 0 Å². The number of aromatic nitrogens is 1. The van der Waals surface area contributed by atoms with Gasteiger partial charge in [-0.25, -0.2) is 4.98 Å². The number of likely N-dealkylation sites (N-methyl/N-ethyl adjacent to an activating group) is 1. The number of benzene rings is 2. The van der Waals surface area contributed by atoms with Gasteiger partial charge in [-0.15, -0.1) is 11.3 Å². The SMILES string of the molecule is CN1CCN(Cc2c(O)ccc3c(=O)c(-c4nc5ccccc5s4)c(N)oc23)CC1. The molecule has 1 aliphatic heterocycles. The van der Waals surface area contributed by atoms with Gasteiger partial charge >= 0.3 is 0 Å². The van der Waals surface area contributed by atoms with Crippen molar-refractivity contribution in [3.05, 3.63) is 52.2 Å². The fourth-order valence-electron chi connectivity index (χ4n) is 3.88. The lowest BCUT2D eigenvalue weighted by molar-refractivity contribution is 0.147. The molecule has 0 unspecified atom stereocenters. The number of para-hydroxylation sites is 1. The highest BCUT2D eigenvalue weighted by Crippen LogP contribution is 2.35. The third-order valence-corrected chi connectivity index (χ3v) is 6.71. The molecule has 3 N–H and O–H groups in total. The predicted molar refractivity (Wildman–Crippen MR) is 120 cm³/mol. The van der Waals surface area contributed by atoms with E-state index < -0.39 is 0 Å². The largest absolute Gasteiger partial charge is 0.507 e. The average molecular weight is 423 g/mol. The summed E-state index contributed by atoms with van der Waals surface area (Å²) < 4.78 is 6.93. The minimum Gasteiger partial charge on any atom is -0.507 e. The maximum atomic E-state index is 13.4. The van der Waals surface area contributed by atoms with E-state index in [0.717, 1.165) is 36.4 Å². The van der Waals surface area contributed by atoms with Crippen LogP contribution in [0.1, 0.15) is 5.56 Å². The molecule has 7 nitrogen and oxygen atoms in total. The van der Waals surface area contributed by atoms with Gasteiger partial charge in [0.2, 0.25) is 11.3 Å². The Hall–Kier alpha value is -2.94. The van der Waals surface area contributed by atoms with Crippen molar-refractivity contribution >= 4 is 38.4 Å². The van der Waals surface area contributed by atoms with Crippen LogP contribution in [0, 0.1) is 0 Å². The van der Waals surface area contributed by atoms with Crippen molar-refractivity contribution in [2.45, 2.75) is 6.54 Å². The molecule has 0 bridgehead atoms. The molecule has 4 aromatic rings. The van der Waals surface area contributed by atoms with Crippen LogP contribution in [0.3, 0.4) is 0 Å². The number of nitrogens with zero attached hydrogens (tertiary/aromatic N) is 3. The van der Waals surface area contributed by atoms with Gasteiger partial charge in [0, 0.05) is 32.7 Å². The van der Waals surface area contributed by atoms with E-state index >= 15 is 0 Å². The molecule has 0 spiro atoms. The van der Waals surface area contributed by atoms with Crippen LogP contribution in [0.15, 0.2) is 45.6 Å². The van der Waals surface area contributed by atoms with Crippen molar-refractivity contribution in [3.63, 3.8) is 0 Å². The van der Waals surface area contributed by atoms with Crippen molar-refractivity contribution in [2.24, 2.45) is 0 Å². The molecular weight excluding hydrogens is 400 g/mol. The van der Waals surface area contributed by atoms with Gasteiger partial charge in [-0.2, -0.15) is 0 Å². The smallest absolute Gasteiger partial charge is 0.205 e. The van der Waals surface area contributed by atoms with Crippen molar-refractivity contribution in [3.8, 4) is 16.3 Å². The Bertz CT molecular complexity index is 1270. The zero-order valence-corrected chi connectivity index (χ0v) is 17.4. The molecule has 30 heavy (non-hydrogen) atoms. The summed E-state index contributed by atoms with van der Waals surface area (Å²) in [6, 6.07) is 10.9. The van der Waals surface area contributed by atoms with Crippen molar-refractivity contribution in [1.29, 1.82) is 0 Å². The highest BCUT2D eigenvalue weighted by atomic mass is 32.1. The second kappa shape index (κ2) is 7.39. The number of phenols is 1. The molecule has 0 saturated carbocycles. The third kappa shape index (κ3) is 3.23. The van der Waals surface area contributed by atoms with E-state index in [1.807, 2.05) is 24.3 Å². The Labute approximate surface area is 177 Å². The van der Waals surface area contributed by atoms with Crippen LogP contribution in [0.25, 0.3) is 31.8 Å². The minimum absolute atomic E-state index is 0.0248. The molecule has 1 saturated heterocycles. The second-order valence-electron chi connectivity index (χ2n) is 7.68. The highest BCUT2D eigenvalue weighted by molar-refractivity contribution is 7.21. The number of nitrogen functional groups attached to an aromatic ring is 1. The van der Waals surface area contributed by atoms with E-state index in [4.69, 9.17) is 10.2 Å². The van der Waals surface area contributed by atoms with E-state index in [1.165, 1.54) is 11.3 Å². The Balaban J connectivity index is 1.62. The van der Waals surface area contributed by atoms with Crippen molar-refractivity contribution < 1.29 is 9.52 Å². The molecule has 1 fully saturated rings. The summed E-state index contributed by atoms with van der Waals surface area (Å²) >= 11 is 1.41. The first-order valence-corrected chi connectivity index (χ1v) is 10.7. The first kappa shape index (κ1) is 19.0. The fourth-order valence-corrected chi connectivity index (χ4v) is 4.90. The molecule has 0 amide bonds. The summed E-state index contributed by atoms with van der Waals surface area (Å²) in [5.41, 5.74) is 8.02. The molecular formula is C22H22N4O3S. The molecule has 8 heteroatoms. The maximum absolute atomic E-state index is 13.4. The number of anilines is 1. The van der Waals surface area contributed by atoms with Gasteiger partial charge in [-0.3, -0.25) is 9.69 Å². The Kier molecular flexibility index (Phi) is 4.69. The first-order chi connectivity index (χ1) is 14.5. The summed E-state index contributed by atoms with van der Waals surface area (Å²) in [7, 11) is 2.09. The zero-order valence-electron chi connectivity index (χ0n) is 16.6. The van der Waals surface area contributed by atoms with Gasteiger partial charge in [0.15, 0.2) is 0 Å². The van der Waals surface area contributed by atoms with Crippen LogP contribution in [-0.4, -0.2) is 53.1 Å². The number of thiazole rings is 1. The number of hydrogen-bond donors (Lipinski definition) is 2. The molecule has 0 radical (unpaired) electrons. The summed E-state index contributed by atoms with van der Waals surface area (Å²) in [5, 5.41) is 11.4. The lowest BCUT2D eigenvalue weighted by atomic mass is 10.1. The van der Waals surface area contributed by atoms with E-state index in [0.29, 0.717) is 28.1 Å². The van der Waals surface area contributed by atoms with Crippen LogP contribution in [0.2, 0.25) is 0 Å². The molecule has 2 aromatic carbocycles. The summed E-state index contributed by atoms with van der Waals surface area (Å²) in [6.45, 7) is 4.18. The molecule has 1 aliphatic rings. The van der Waals surface area contributed by atoms with Gasteiger partial charge in [-0.05, 0) is 31.3 Å². The average Bonchev–Trinajstić information content (AvgIpc) is 3.15. The lowest BCUT2D eigenvalue weighted by Crippen LogP contribution is -2.43. The Morgan fingerprint density at radius 3 is 2.70 bits per heavy atom. The molecule has 154 valence electrons. The highest BCUT2D eigenvalue weighted by Gasteiger charge is 2.23. The maximum Gasteiger partial charge on any atom is 0.205 e. The molecule has 0 aliphatic carbocycles. The number of piperazine rings is 1. The third-order valence-electron chi connectivity index (χ3n) is 5.65. The second-order valence-corrected chi connectivity index (χ2v) is 8.71. The molecule has 2 aromatic heterocycles. The number of nitrogens with two attached hydrogens (primary N) is 1. The monoisotopic (exact) mass is 422 g/mol.